The van der Waals surface area contributed by atoms with E-state index in [2.05, 4.69) is 0 Å². The van der Waals surface area contributed by atoms with Crippen LogP contribution in [-0.4, -0.2) is 39.0 Å². The van der Waals surface area contributed by atoms with Crippen LogP contribution in [-0.2, 0) is 7.05 Å². The Hall–Kier alpha value is -2.67. The van der Waals surface area contributed by atoms with Gasteiger partial charge in [0.1, 0.15) is 11.5 Å². The molecule has 2 amide bonds. The number of primary amides is 1. The third-order valence-electron chi connectivity index (χ3n) is 4.38. The lowest BCUT2D eigenvalue weighted by Crippen LogP contribution is -2.37. The van der Waals surface area contributed by atoms with Gasteiger partial charge in [-0.05, 0) is 36.6 Å². The Kier molecular flexibility index (Phi) is 4.59. The first-order valence-corrected chi connectivity index (χ1v) is 8.07. The normalized spacial score (nSPS) is 15.0. The van der Waals surface area contributed by atoms with Gasteiger partial charge in [-0.3, -0.25) is 9.59 Å². The third kappa shape index (κ3) is 3.71. The van der Waals surface area contributed by atoms with Gasteiger partial charge in [0.05, 0.1) is 18.2 Å². The first kappa shape index (κ1) is 17.2. The molecule has 3 rings (SSSR count). The van der Waals surface area contributed by atoms with Gasteiger partial charge < -0.3 is 20.3 Å². The summed E-state index contributed by atoms with van der Waals surface area (Å²) >= 11 is 0. The van der Waals surface area contributed by atoms with Gasteiger partial charge in [0.2, 0.25) is 5.91 Å². The lowest BCUT2D eigenvalue weighted by molar-refractivity contribution is 0.0594. The number of carbonyl (C=O) groups is 2. The fourth-order valence-corrected chi connectivity index (χ4v) is 2.82. The molecule has 25 heavy (non-hydrogen) atoms. The molecule has 1 aliphatic rings. The van der Waals surface area contributed by atoms with Crippen molar-refractivity contribution in [3.63, 3.8) is 0 Å². The largest absolute Gasteiger partial charge is 0.387 e. The summed E-state index contributed by atoms with van der Waals surface area (Å²) in [7, 11) is 1.67. The van der Waals surface area contributed by atoms with Crippen LogP contribution in [0.4, 0.5) is 4.39 Å². The van der Waals surface area contributed by atoms with Crippen LogP contribution < -0.4 is 5.73 Å². The van der Waals surface area contributed by atoms with Gasteiger partial charge >= 0.3 is 0 Å². The molecule has 1 aromatic heterocycles. The topological polar surface area (TPSA) is 88.6 Å². The number of hydrogen-bond acceptors (Lipinski definition) is 3. The lowest BCUT2D eigenvalue weighted by atomic mass is 10.1. The van der Waals surface area contributed by atoms with Gasteiger partial charge in [0.25, 0.3) is 5.91 Å². The van der Waals surface area contributed by atoms with E-state index < -0.39 is 12.0 Å². The summed E-state index contributed by atoms with van der Waals surface area (Å²) in [6.07, 6.45) is 2.34. The van der Waals surface area contributed by atoms with Crippen LogP contribution in [0.3, 0.4) is 0 Å². The third-order valence-corrected chi connectivity index (χ3v) is 4.38. The number of aryl methyl sites for hydroxylation is 1. The molecule has 1 unspecified atom stereocenters. The zero-order valence-corrected chi connectivity index (χ0v) is 13.9. The molecule has 0 spiro atoms. The molecule has 1 heterocycles. The summed E-state index contributed by atoms with van der Waals surface area (Å²) in [6.45, 7) is 0.103. The summed E-state index contributed by atoms with van der Waals surface area (Å²) in [4.78, 5) is 25.8. The van der Waals surface area contributed by atoms with Crippen LogP contribution in [0, 0.1) is 5.82 Å². The van der Waals surface area contributed by atoms with Gasteiger partial charge in [-0.2, -0.15) is 0 Å². The summed E-state index contributed by atoms with van der Waals surface area (Å²) in [5.41, 5.74) is 6.42. The maximum absolute atomic E-state index is 13.0. The van der Waals surface area contributed by atoms with Gasteiger partial charge in [0, 0.05) is 19.3 Å². The number of halogens is 1. The lowest BCUT2D eigenvalue weighted by Gasteiger charge is -2.25. The van der Waals surface area contributed by atoms with Gasteiger partial charge in [-0.25, -0.2) is 4.39 Å². The Labute approximate surface area is 144 Å². The van der Waals surface area contributed by atoms with Crippen LogP contribution in [0.15, 0.2) is 36.5 Å². The number of benzene rings is 1. The molecule has 1 aromatic carbocycles. The number of hydrogen-bond donors (Lipinski definition) is 2. The molecular weight excluding hydrogens is 325 g/mol. The van der Waals surface area contributed by atoms with Crippen molar-refractivity contribution in [2.24, 2.45) is 12.8 Å². The molecule has 132 valence electrons. The second-order valence-corrected chi connectivity index (χ2v) is 6.35. The van der Waals surface area contributed by atoms with Crippen LogP contribution >= 0.6 is 0 Å². The highest BCUT2D eigenvalue weighted by Gasteiger charge is 2.35. The molecule has 0 aliphatic heterocycles. The second kappa shape index (κ2) is 6.68. The molecule has 0 bridgehead atoms. The van der Waals surface area contributed by atoms with E-state index in [0.717, 1.165) is 12.8 Å². The van der Waals surface area contributed by atoms with Gasteiger partial charge in [-0.1, -0.05) is 12.1 Å². The van der Waals surface area contributed by atoms with E-state index in [-0.39, 0.29) is 29.9 Å². The number of nitrogens with two attached hydrogens (primary N) is 1. The van der Waals surface area contributed by atoms with Crippen molar-refractivity contribution in [1.29, 1.82) is 0 Å². The average molecular weight is 345 g/mol. The Morgan fingerprint density at radius 2 is 2.00 bits per heavy atom. The minimum atomic E-state index is -0.916. The van der Waals surface area contributed by atoms with Crippen LogP contribution in [0.2, 0.25) is 0 Å². The Balaban J connectivity index is 1.80. The van der Waals surface area contributed by atoms with Crippen molar-refractivity contribution < 1.29 is 19.1 Å². The molecule has 0 saturated heterocycles. The van der Waals surface area contributed by atoms with E-state index >= 15 is 0 Å². The summed E-state index contributed by atoms with van der Waals surface area (Å²) in [5.74, 6) is -1.24. The number of carbonyl (C=O) groups excluding carboxylic acids is 2. The number of nitrogens with zero attached hydrogens (tertiary/aromatic N) is 2. The highest BCUT2D eigenvalue weighted by Crippen LogP contribution is 2.30. The molecule has 1 fully saturated rings. The highest BCUT2D eigenvalue weighted by molar-refractivity contribution is 5.99. The maximum Gasteiger partial charge on any atom is 0.270 e. The van der Waals surface area contributed by atoms with Crippen molar-refractivity contribution in [2.45, 2.75) is 25.0 Å². The Morgan fingerprint density at radius 1 is 1.36 bits per heavy atom. The quantitative estimate of drug-likeness (QED) is 0.833. The standard InChI is InChI=1S/C18H20FN3O3/c1-21-9-12(17(20)24)8-15(21)18(25)22(14-6-7-14)10-16(23)11-2-4-13(19)5-3-11/h2-5,8-9,14,16,23H,6-7,10H2,1H3,(H2,20,24). The minimum Gasteiger partial charge on any atom is -0.387 e. The minimum absolute atomic E-state index is 0.0644. The van der Waals surface area contributed by atoms with E-state index in [9.17, 15) is 19.1 Å². The molecule has 7 heteroatoms. The number of aromatic nitrogens is 1. The van der Waals surface area contributed by atoms with Gasteiger partial charge in [-0.15, -0.1) is 0 Å². The number of amides is 2. The van der Waals surface area contributed by atoms with E-state index in [1.165, 1.54) is 36.5 Å². The predicted octanol–water partition coefficient (Wildman–Crippen LogP) is 1.60. The fourth-order valence-electron chi connectivity index (χ4n) is 2.82. The van der Waals surface area contributed by atoms with E-state index in [1.54, 1.807) is 16.5 Å². The molecular formula is C18H20FN3O3. The van der Waals surface area contributed by atoms with Crippen molar-refractivity contribution in [1.82, 2.24) is 9.47 Å². The molecule has 1 saturated carbocycles. The first-order chi connectivity index (χ1) is 11.9. The van der Waals surface area contributed by atoms with E-state index in [0.29, 0.717) is 11.3 Å². The van der Waals surface area contributed by atoms with Crippen LogP contribution in [0.5, 0.6) is 0 Å². The fraction of sp³-hybridized carbons (Fsp3) is 0.333. The highest BCUT2D eigenvalue weighted by atomic mass is 19.1. The van der Waals surface area contributed by atoms with E-state index in [1.807, 2.05) is 0 Å². The van der Waals surface area contributed by atoms with Crippen molar-refractivity contribution in [3.8, 4) is 0 Å². The van der Waals surface area contributed by atoms with Gasteiger partial charge in [0.15, 0.2) is 0 Å². The molecule has 0 radical (unpaired) electrons. The summed E-state index contributed by atoms with van der Waals surface area (Å²) in [6, 6.07) is 7.09. The number of rotatable bonds is 6. The zero-order valence-electron chi connectivity index (χ0n) is 13.9. The monoisotopic (exact) mass is 345 g/mol. The number of aliphatic hydroxyl groups excluding tert-OH is 1. The Morgan fingerprint density at radius 3 is 2.52 bits per heavy atom. The molecule has 2 aromatic rings. The Bertz CT molecular complexity index is 796. The molecule has 3 N–H and O–H groups in total. The second-order valence-electron chi connectivity index (χ2n) is 6.35. The first-order valence-electron chi connectivity index (χ1n) is 8.07. The average Bonchev–Trinajstić information content (AvgIpc) is 3.33. The smallest absolute Gasteiger partial charge is 0.270 e. The SMILES string of the molecule is Cn1cc(C(N)=O)cc1C(=O)N(CC(O)c1ccc(F)cc1)C1CC1. The molecule has 6 nitrogen and oxygen atoms in total. The summed E-state index contributed by atoms with van der Waals surface area (Å²) in [5, 5.41) is 10.4. The van der Waals surface area contributed by atoms with Crippen molar-refractivity contribution >= 4 is 11.8 Å². The maximum atomic E-state index is 13.0. The number of aliphatic hydroxyl groups is 1. The summed E-state index contributed by atoms with van der Waals surface area (Å²) < 4.78 is 14.6. The van der Waals surface area contributed by atoms with Crippen LogP contribution in [0.25, 0.3) is 0 Å². The predicted molar refractivity (Wildman–Crippen MR) is 89.3 cm³/mol. The molecule has 1 atom stereocenters. The van der Waals surface area contributed by atoms with Crippen molar-refractivity contribution in [2.75, 3.05) is 6.54 Å². The van der Waals surface area contributed by atoms with E-state index in [4.69, 9.17) is 5.73 Å². The molecule has 1 aliphatic carbocycles. The van der Waals surface area contributed by atoms with Crippen molar-refractivity contribution in [3.05, 3.63) is 59.2 Å². The van der Waals surface area contributed by atoms with Crippen LogP contribution in [0.1, 0.15) is 45.4 Å². The zero-order chi connectivity index (χ0) is 18.1.